The van der Waals surface area contributed by atoms with Gasteiger partial charge >= 0.3 is 0 Å². The second kappa shape index (κ2) is 23.5. The predicted molar refractivity (Wildman–Crippen MR) is 223 cm³/mol. The second-order valence-corrected chi connectivity index (χ2v) is 11.0. The Morgan fingerprint density at radius 1 is 0.796 bits per heavy atom. The maximum Gasteiger partial charge on any atom is 0.0526 e. The van der Waals surface area contributed by atoms with Gasteiger partial charge < -0.3 is 16.4 Å². The lowest BCUT2D eigenvalue weighted by Crippen LogP contribution is -2.15. The van der Waals surface area contributed by atoms with Crippen LogP contribution in [0.1, 0.15) is 68.8 Å². The molecule has 0 fully saturated rings. The van der Waals surface area contributed by atoms with Crippen molar-refractivity contribution in [2.24, 2.45) is 5.73 Å². The number of allylic oxidation sites excluding steroid dienone is 9. The number of thiol groups is 1. The predicted octanol–water partition coefficient (Wildman–Crippen LogP) is 12.2. The van der Waals surface area contributed by atoms with Gasteiger partial charge in [-0.3, -0.25) is 0 Å². The van der Waals surface area contributed by atoms with Crippen LogP contribution in [0.5, 0.6) is 0 Å². The number of hydrogen-bond acceptors (Lipinski definition) is 4. The average molecular weight is 670 g/mol. The minimum atomic E-state index is 0.131. The van der Waals surface area contributed by atoms with Crippen molar-refractivity contribution >= 4 is 40.8 Å². The highest BCUT2D eigenvalue weighted by atomic mass is 32.1. The molecule has 1 aliphatic rings. The molecule has 3 nitrogen and oxygen atoms in total. The third-order valence-electron chi connectivity index (χ3n) is 7.69. The Labute approximate surface area is 302 Å². The van der Waals surface area contributed by atoms with E-state index in [1.54, 1.807) is 6.26 Å². The Balaban J connectivity index is 0.000000329. The van der Waals surface area contributed by atoms with Crippen LogP contribution >= 0.6 is 12.6 Å². The van der Waals surface area contributed by atoms with Crippen LogP contribution in [-0.2, 0) is 0 Å². The zero-order valence-corrected chi connectivity index (χ0v) is 31.1. The molecule has 1 unspecified atom stereocenters. The molecule has 4 heteroatoms. The molecule has 1 aliphatic carbocycles. The van der Waals surface area contributed by atoms with Crippen molar-refractivity contribution in [3.8, 4) is 0 Å². The second-order valence-electron chi connectivity index (χ2n) is 11.0. The number of nitrogens with two attached hydrogens (primary N) is 1. The van der Waals surface area contributed by atoms with E-state index in [4.69, 9.17) is 5.73 Å². The van der Waals surface area contributed by atoms with Crippen molar-refractivity contribution < 1.29 is 0 Å². The fourth-order valence-electron chi connectivity index (χ4n) is 5.06. The van der Waals surface area contributed by atoms with Crippen LogP contribution in [0.4, 0.5) is 11.4 Å². The Bertz CT molecular complexity index is 1680. The van der Waals surface area contributed by atoms with Gasteiger partial charge in [-0.05, 0) is 92.1 Å². The van der Waals surface area contributed by atoms with Crippen LogP contribution < -0.4 is 16.4 Å². The molecule has 0 spiro atoms. The molecular formula is C45H55N3S. The first-order chi connectivity index (χ1) is 24.0. The first-order valence-electron chi connectivity index (χ1n) is 17.0. The fourth-order valence-corrected chi connectivity index (χ4v) is 5.06. The maximum atomic E-state index is 6.13. The van der Waals surface area contributed by atoms with E-state index in [0.29, 0.717) is 0 Å². The molecule has 0 aliphatic heterocycles. The van der Waals surface area contributed by atoms with E-state index < -0.39 is 0 Å². The quantitative estimate of drug-likeness (QED) is 0.100. The zero-order valence-electron chi connectivity index (χ0n) is 30.2. The Kier molecular flexibility index (Phi) is 19.4. The van der Waals surface area contributed by atoms with Crippen LogP contribution in [0.25, 0.3) is 16.8 Å². The molecule has 256 valence electrons. The average Bonchev–Trinajstić information content (AvgIpc) is 3.17. The highest BCUT2D eigenvalue weighted by Gasteiger charge is 2.08. The summed E-state index contributed by atoms with van der Waals surface area (Å²) in [6, 6.07) is 37.4. The molecule has 4 N–H and O–H groups in total. The summed E-state index contributed by atoms with van der Waals surface area (Å²) in [5.41, 5.74) is 17.6. The van der Waals surface area contributed by atoms with Crippen LogP contribution in [-0.4, -0.2) is 13.3 Å². The number of hydrogen-bond donors (Lipinski definition) is 4. The monoisotopic (exact) mass is 669 g/mol. The van der Waals surface area contributed by atoms with E-state index in [1.165, 1.54) is 22.3 Å². The zero-order chi connectivity index (χ0) is 35.9. The number of nitrogens with one attached hydrogen (secondary N) is 2. The smallest absolute Gasteiger partial charge is 0.0526 e. The molecule has 0 saturated heterocycles. The van der Waals surface area contributed by atoms with Gasteiger partial charge in [0.15, 0.2) is 0 Å². The normalized spacial score (nSPS) is 13.0. The summed E-state index contributed by atoms with van der Waals surface area (Å²) >= 11 is 3.53. The molecule has 0 bridgehead atoms. The van der Waals surface area contributed by atoms with Crippen LogP contribution in [0, 0.1) is 0 Å². The van der Waals surface area contributed by atoms with Gasteiger partial charge in [-0.1, -0.05) is 153 Å². The highest BCUT2D eigenvalue weighted by molar-refractivity contribution is 7.79. The van der Waals surface area contributed by atoms with Gasteiger partial charge in [0.25, 0.3) is 0 Å². The molecule has 0 saturated carbocycles. The van der Waals surface area contributed by atoms with Crippen LogP contribution in [0.15, 0.2) is 164 Å². The molecule has 0 radical (unpaired) electrons. The standard InChI is InChI=1S/C26H27N.C16H18N2.C2H6.CH4S/c1-4-5-6-9-21(3)25-10-7-8-11-26(25)27-24-18-16-23(17-19-24)22-14-12-20(2)13-15-22;1-18-16(14-10-6-3-7-11-14)12-15(17)13-8-4-2-5-9-13;2*1-2/h4-12,14,16-19,27H,3,13,15H2,1-2H3;2-12,16,18H,17H2,1H3;1-2H3;2H,1H3/b5-4-,9-6-;15-12-;;. The summed E-state index contributed by atoms with van der Waals surface area (Å²) < 4.78 is 0. The number of rotatable bonds is 10. The highest BCUT2D eigenvalue weighted by Crippen LogP contribution is 2.30. The van der Waals surface area contributed by atoms with E-state index in [9.17, 15) is 0 Å². The third-order valence-corrected chi connectivity index (χ3v) is 7.69. The van der Waals surface area contributed by atoms with Crippen molar-refractivity contribution in [1.29, 1.82) is 0 Å². The SMILES string of the molecule is C=C(/C=C\C=C/C)c1ccccc1Nc1ccc(C2=CC=C(C)CC2)cc1.CC.CNC(/C=C(\N)c1ccccc1)c1ccccc1.CS. The van der Waals surface area contributed by atoms with Crippen molar-refractivity contribution in [3.63, 3.8) is 0 Å². The molecule has 0 heterocycles. The number of likely N-dealkylation sites (N-methyl/N-ethyl adjacent to an activating group) is 1. The van der Waals surface area contributed by atoms with Gasteiger partial charge in [-0.15, -0.1) is 0 Å². The van der Waals surface area contributed by atoms with Gasteiger partial charge in [-0.25, -0.2) is 0 Å². The fraction of sp³-hybridized carbons (Fsp3) is 0.200. The minimum Gasteiger partial charge on any atom is -0.398 e. The number of para-hydroxylation sites is 1. The van der Waals surface area contributed by atoms with Gasteiger partial charge in [0, 0.05) is 22.6 Å². The van der Waals surface area contributed by atoms with Crippen molar-refractivity contribution in [1.82, 2.24) is 5.32 Å². The summed E-state index contributed by atoms with van der Waals surface area (Å²) in [5.74, 6) is 0. The van der Waals surface area contributed by atoms with E-state index in [2.05, 4.69) is 97.4 Å². The van der Waals surface area contributed by atoms with Crippen molar-refractivity contribution in [2.75, 3.05) is 18.6 Å². The topological polar surface area (TPSA) is 50.1 Å². The lowest BCUT2D eigenvalue weighted by molar-refractivity contribution is 0.715. The van der Waals surface area contributed by atoms with E-state index in [1.807, 2.05) is 119 Å². The summed E-state index contributed by atoms with van der Waals surface area (Å²) in [5, 5.41) is 6.80. The van der Waals surface area contributed by atoms with E-state index in [-0.39, 0.29) is 6.04 Å². The minimum absolute atomic E-state index is 0.131. The van der Waals surface area contributed by atoms with Gasteiger partial charge in [0.2, 0.25) is 0 Å². The first kappa shape index (κ1) is 40.4. The number of benzene rings is 4. The van der Waals surface area contributed by atoms with Crippen LogP contribution in [0.2, 0.25) is 0 Å². The summed E-state index contributed by atoms with van der Waals surface area (Å²) in [4.78, 5) is 0. The molecule has 0 amide bonds. The van der Waals surface area contributed by atoms with Gasteiger partial charge in [0.1, 0.15) is 0 Å². The Hall–Kier alpha value is -4.77. The molecule has 49 heavy (non-hydrogen) atoms. The summed E-state index contributed by atoms with van der Waals surface area (Å²) in [7, 11) is 1.94. The Morgan fingerprint density at radius 3 is 2.00 bits per heavy atom. The Morgan fingerprint density at radius 2 is 1.41 bits per heavy atom. The van der Waals surface area contributed by atoms with Gasteiger partial charge in [0.05, 0.1) is 6.04 Å². The third kappa shape index (κ3) is 13.7. The lowest BCUT2D eigenvalue weighted by atomic mass is 9.94. The van der Waals surface area contributed by atoms with Gasteiger partial charge in [-0.2, -0.15) is 12.6 Å². The molecule has 4 aromatic rings. The molecule has 5 rings (SSSR count). The maximum absolute atomic E-state index is 6.13. The first-order valence-corrected chi connectivity index (χ1v) is 17.9. The summed E-state index contributed by atoms with van der Waals surface area (Å²) in [6.45, 7) is 12.4. The van der Waals surface area contributed by atoms with Crippen molar-refractivity contribution in [3.05, 3.63) is 186 Å². The molecule has 1 atom stereocenters. The van der Waals surface area contributed by atoms with E-state index in [0.717, 1.165) is 46.6 Å². The van der Waals surface area contributed by atoms with Crippen molar-refractivity contribution in [2.45, 2.75) is 46.6 Å². The molecular weight excluding hydrogens is 615 g/mol. The summed E-state index contributed by atoms with van der Waals surface area (Å²) in [6.07, 6.45) is 18.6. The number of anilines is 2. The van der Waals surface area contributed by atoms with Crippen LogP contribution in [0.3, 0.4) is 0 Å². The largest absolute Gasteiger partial charge is 0.398 e. The molecule has 0 aromatic heterocycles. The van der Waals surface area contributed by atoms with E-state index >= 15 is 0 Å². The molecule has 4 aromatic carbocycles. The lowest BCUT2D eigenvalue weighted by Gasteiger charge is -2.15.